The SMILES string of the molecule is c1cc(-c2[nH]ncc2CN2CCC3(CCNC3)C2)cs1. The van der Waals surface area contributed by atoms with Gasteiger partial charge in [-0.2, -0.15) is 16.4 Å². The highest BCUT2D eigenvalue weighted by Gasteiger charge is 2.40. The average molecular weight is 288 g/mol. The standard InChI is InChI=1S/C15H20N4S/c1-6-20-9-12(1)14-13(7-17-18-14)8-19-5-3-15(11-19)2-4-16-10-15/h1,6-7,9,16H,2-5,8,10-11H2,(H,17,18). The molecule has 2 saturated heterocycles. The van der Waals surface area contributed by atoms with Crippen LogP contribution in [-0.4, -0.2) is 41.3 Å². The van der Waals surface area contributed by atoms with E-state index in [1.54, 1.807) is 11.3 Å². The Morgan fingerprint density at radius 1 is 1.40 bits per heavy atom. The molecule has 2 aromatic rings. The number of hydrogen-bond acceptors (Lipinski definition) is 4. The zero-order chi connectivity index (χ0) is 13.4. The van der Waals surface area contributed by atoms with E-state index in [-0.39, 0.29) is 0 Å². The summed E-state index contributed by atoms with van der Waals surface area (Å²) in [6.45, 7) is 5.86. The second-order valence-corrected chi connectivity index (χ2v) is 6.95. The summed E-state index contributed by atoms with van der Waals surface area (Å²) in [4.78, 5) is 2.59. The number of rotatable bonds is 3. The lowest BCUT2D eigenvalue weighted by atomic mass is 9.86. The molecule has 4 heterocycles. The molecule has 2 fully saturated rings. The number of thiophene rings is 1. The molecule has 20 heavy (non-hydrogen) atoms. The van der Waals surface area contributed by atoms with Crippen LogP contribution in [0.25, 0.3) is 11.3 Å². The molecule has 1 unspecified atom stereocenters. The zero-order valence-electron chi connectivity index (χ0n) is 11.6. The summed E-state index contributed by atoms with van der Waals surface area (Å²) in [5.74, 6) is 0. The molecule has 1 atom stereocenters. The highest BCUT2D eigenvalue weighted by atomic mass is 32.1. The van der Waals surface area contributed by atoms with Crippen molar-refractivity contribution in [1.82, 2.24) is 20.4 Å². The lowest BCUT2D eigenvalue weighted by Gasteiger charge is -2.22. The maximum Gasteiger partial charge on any atom is 0.0703 e. The third-order valence-corrected chi connectivity index (χ3v) is 5.45. The van der Waals surface area contributed by atoms with Crippen LogP contribution in [0.1, 0.15) is 18.4 Å². The molecule has 0 radical (unpaired) electrons. The predicted octanol–water partition coefficient (Wildman–Crippen LogP) is 2.32. The lowest BCUT2D eigenvalue weighted by Crippen LogP contribution is -2.28. The third kappa shape index (κ3) is 2.20. The fourth-order valence-corrected chi connectivity index (χ4v) is 4.28. The van der Waals surface area contributed by atoms with E-state index >= 15 is 0 Å². The van der Waals surface area contributed by atoms with Gasteiger partial charge in [0.05, 0.1) is 11.9 Å². The van der Waals surface area contributed by atoms with Gasteiger partial charge in [-0.3, -0.25) is 10.00 Å². The molecule has 2 N–H and O–H groups in total. The van der Waals surface area contributed by atoms with Crippen molar-refractivity contribution < 1.29 is 0 Å². The molecule has 4 rings (SSSR count). The van der Waals surface area contributed by atoms with Gasteiger partial charge in [-0.15, -0.1) is 0 Å². The largest absolute Gasteiger partial charge is 0.316 e. The van der Waals surface area contributed by atoms with Crippen molar-refractivity contribution in [2.45, 2.75) is 19.4 Å². The first kappa shape index (κ1) is 12.6. The second-order valence-electron chi connectivity index (χ2n) is 6.17. The maximum absolute atomic E-state index is 4.25. The van der Waals surface area contributed by atoms with Crippen molar-refractivity contribution in [3.8, 4) is 11.3 Å². The monoisotopic (exact) mass is 288 g/mol. The Hall–Kier alpha value is -1.17. The highest BCUT2D eigenvalue weighted by molar-refractivity contribution is 7.08. The minimum atomic E-state index is 0.548. The summed E-state index contributed by atoms with van der Waals surface area (Å²) in [6, 6.07) is 2.16. The third-order valence-electron chi connectivity index (χ3n) is 4.77. The van der Waals surface area contributed by atoms with Crippen molar-refractivity contribution in [3.63, 3.8) is 0 Å². The quantitative estimate of drug-likeness (QED) is 0.911. The first-order chi connectivity index (χ1) is 9.85. The Morgan fingerprint density at radius 2 is 2.40 bits per heavy atom. The lowest BCUT2D eigenvalue weighted by molar-refractivity contribution is 0.269. The van der Waals surface area contributed by atoms with Gasteiger partial charge in [0.15, 0.2) is 0 Å². The highest BCUT2D eigenvalue weighted by Crippen LogP contribution is 2.37. The fourth-order valence-electron chi connectivity index (χ4n) is 3.64. The van der Waals surface area contributed by atoms with Crippen molar-refractivity contribution in [3.05, 3.63) is 28.6 Å². The Morgan fingerprint density at radius 3 is 3.20 bits per heavy atom. The van der Waals surface area contributed by atoms with Gasteiger partial charge in [-0.1, -0.05) is 0 Å². The smallest absolute Gasteiger partial charge is 0.0703 e. The molecule has 106 valence electrons. The van der Waals surface area contributed by atoms with Crippen LogP contribution in [0.4, 0.5) is 0 Å². The summed E-state index contributed by atoms with van der Waals surface area (Å²) < 4.78 is 0. The molecule has 5 heteroatoms. The summed E-state index contributed by atoms with van der Waals surface area (Å²) in [7, 11) is 0. The maximum atomic E-state index is 4.25. The number of nitrogens with one attached hydrogen (secondary N) is 2. The summed E-state index contributed by atoms with van der Waals surface area (Å²) in [5.41, 5.74) is 4.33. The van der Waals surface area contributed by atoms with Crippen LogP contribution < -0.4 is 5.32 Å². The first-order valence-corrected chi connectivity index (χ1v) is 8.27. The van der Waals surface area contributed by atoms with Gasteiger partial charge >= 0.3 is 0 Å². The van der Waals surface area contributed by atoms with Gasteiger partial charge in [-0.05, 0) is 42.8 Å². The second kappa shape index (κ2) is 4.98. The summed E-state index contributed by atoms with van der Waals surface area (Å²) in [5, 5.41) is 15.2. The van der Waals surface area contributed by atoms with Crippen LogP contribution in [-0.2, 0) is 6.54 Å². The molecule has 0 aromatic carbocycles. The summed E-state index contributed by atoms with van der Waals surface area (Å²) in [6.07, 6.45) is 4.67. The van der Waals surface area contributed by atoms with Gasteiger partial charge in [0.1, 0.15) is 0 Å². The van der Waals surface area contributed by atoms with Gasteiger partial charge in [0.25, 0.3) is 0 Å². The van der Waals surface area contributed by atoms with Crippen LogP contribution in [0.15, 0.2) is 23.0 Å². The van der Waals surface area contributed by atoms with Crippen LogP contribution in [0.5, 0.6) is 0 Å². The van der Waals surface area contributed by atoms with Crippen LogP contribution in [0, 0.1) is 5.41 Å². The van der Waals surface area contributed by atoms with Crippen LogP contribution >= 0.6 is 11.3 Å². The predicted molar refractivity (Wildman–Crippen MR) is 81.7 cm³/mol. The van der Waals surface area contributed by atoms with Crippen molar-refractivity contribution >= 4 is 11.3 Å². The number of nitrogens with zero attached hydrogens (tertiary/aromatic N) is 2. The van der Waals surface area contributed by atoms with Gasteiger partial charge in [0.2, 0.25) is 0 Å². The van der Waals surface area contributed by atoms with Gasteiger partial charge in [-0.25, -0.2) is 0 Å². The van der Waals surface area contributed by atoms with Gasteiger partial charge < -0.3 is 5.32 Å². The Bertz CT molecular complexity index is 568. The molecular weight excluding hydrogens is 268 g/mol. The average Bonchev–Trinajstić information content (AvgIpc) is 3.21. The fraction of sp³-hybridized carbons (Fsp3) is 0.533. The Balaban J connectivity index is 1.49. The Kier molecular flexibility index (Phi) is 3.13. The van der Waals surface area contributed by atoms with E-state index in [2.05, 4.69) is 37.2 Å². The molecule has 0 bridgehead atoms. The molecule has 2 aliphatic heterocycles. The van der Waals surface area contributed by atoms with Crippen LogP contribution in [0.3, 0.4) is 0 Å². The van der Waals surface area contributed by atoms with Gasteiger partial charge in [0, 0.05) is 36.1 Å². The zero-order valence-corrected chi connectivity index (χ0v) is 12.4. The molecule has 0 aliphatic carbocycles. The molecule has 0 saturated carbocycles. The van der Waals surface area contributed by atoms with Crippen molar-refractivity contribution in [2.75, 3.05) is 26.2 Å². The molecule has 1 spiro atoms. The van der Waals surface area contributed by atoms with Crippen LogP contribution in [0.2, 0.25) is 0 Å². The number of H-pyrrole nitrogens is 1. The number of likely N-dealkylation sites (tertiary alicyclic amines) is 1. The van der Waals surface area contributed by atoms with E-state index in [9.17, 15) is 0 Å². The van der Waals surface area contributed by atoms with Crippen molar-refractivity contribution in [1.29, 1.82) is 0 Å². The molecular formula is C15H20N4S. The van der Waals surface area contributed by atoms with E-state index in [0.29, 0.717) is 5.41 Å². The topological polar surface area (TPSA) is 44.0 Å². The van der Waals surface area contributed by atoms with E-state index in [1.807, 2.05) is 6.20 Å². The van der Waals surface area contributed by atoms with Crippen molar-refractivity contribution in [2.24, 2.45) is 5.41 Å². The molecule has 4 nitrogen and oxygen atoms in total. The minimum Gasteiger partial charge on any atom is -0.316 e. The van der Waals surface area contributed by atoms with E-state index in [1.165, 1.54) is 55.8 Å². The Labute approximate surface area is 123 Å². The molecule has 2 aliphatic rings. The normalized spacial score (nSPS) is 26.8. The number of aromatic nitrogens is 2. The van der Waals surface area contributed by atoms with E-state index < -0.39 is 0 Å². The van der Waals surface area contributed by atoms with E-state index in [0.717, 1.165) is 6.54 Å². The first-order valence-electron chi connectivity index (χ1n) is 7.33. The number of aromatic amines is 1. The van der Waals surface area contributed by atoms with E-state index in [4.69, 9.17) is 0 Å². The minimum absolute atomic E-state index is 0.548. The molecule has 0 amide bonds. The summed E-state index contributed by atoms with van der Waals surface area (Å²) >= 11 is 1.73. The number of hydrogen-bond donors (Lipinski definition) is 2. The molecule has 2 aromatic heterocycles.